The van der Waals surface area contributed by atoms with E-state index in [9.17, 15) is 10.1 Å². The predicted molar refractivity (Wildman–Crippen MR) is 84.6 cm³/mol. The number of benzene rings is 2. The summed E-state index contributed by atoms with van der Waals surface area (Å²) < 4.78 is 0.945. The van der Waals surface area contributed by atoms with E-state index in [0.717, 1.165) is 10.0 Å². The van der Waals surface area contributed by atoms with E-state index < -0.39 is 4.92 Å². The van der Waals surface area contributed by atoms with E-state index in [4.69, 9.17) is 23.2 Å². The summed E-state index contributed by atoms with van der Waals surface area (Å²) >= 11 is 15.1. The molecule has 2 rings (SSSR count). The van der Waals surface area contributed by atoms with E-state index in [1.54, 1.807) is 0 Å². The van der Waals surface area contributed by atoms with Gasteiger partial charge in [-0.1, -0.05) is 51.3 Å². The van der Waals surface area contributed by atoms with Gasteiger partial charge in [0, 0.05) is 17.1 Å². The summed E-state index contributed by atoms with van der Waals surface area (Å²) in [7, 11) is 0. The van der Waals surface area contributed by atoms with E-state index in [0.29, 0.717) is 12.2 Å². The number of nitrogens with one attached hydrogen (secondary N) is 1. The number of nitro benzene ring substituents is 1. The van der Waals surface area contributed by atoms with Crippen molar-refractivity contribution >= 4 is 50.5 Å². The molecule has 0 amide bonds. The maximum atomic E-state index is 11.0. The van der Waals surface area contributed by atoms with Crippen molar-refractivity contribution in [1.82, 2.24) is 0 Å². The van der Waals surface area contributed by atoms with Crippen LogP contribution >= 0.6 is 39.1 Å². The molecule has 20 heavy (non-hydrogen) atoms. The minimum Gasteiger partial charge on any atom is -0.375 e. The van der Waals surface area contributed by atoms with Gasteiger partial charge in [-0.3, -0.25) is 10.1 Å². The van der Waals surface area contributed by atoms with Gasteiger partial charge in [0.2, 0.25) is 0 Å². The fourth-order valence-corrected chi connectivity index (χ4v) is 2.44. The third-order valence-corrected chi connectivity index (χ3v) is 3.82. The summed E-state index contributed by atoms with van der Waals surface area (Å²) in [6, 6.07) is 10.3. The van der Waals surface area contributed by atoms with Crippen molar-refractivity contribution in [3.8, 4) is 0 Å². The van der Waals surface area contributed by atoms with Crippen LogP contribution in [0.4, 0.5) is 11.4 Å². The van der Waals surface area contributed by atoms with Gasteiger partial charge >= 0.3 is 0 Å². The molecule has 1 N–H and O–H groups in total. The normalized spacial score (nSPS) is 10.3. The summed E-state index contributed by atoms with van der Waals surface area (Å²) in [5, 5.41) is 14.4. The molecule has 0 radical (unpaired) electrons. The monoisotopic (exact) mass is 374 g/mol. The Labute approximate surface area is 134 Å². The average Bonchev–Trinajstić information content (AvgIpc) is 2.39. The van der Waals surface area contributed by atoms with Crippen molar-refractivity contribution in [3.05, 3.63) is 66.6 Å². The lowest BCUT2D eigenvalue weighted by Gasteiger charge is -2.09. The highest BCUT2D eigenvalue weighted by atomic mass is 79.9. The van der Waals surface area contributed by atoms with Gasteiger partial charge in [-0.05, 0) is 23.8 Å². The van der Waals surface area contributed by atoms with E-state index in [1.165, 1.54) is 12.1 Å². The fourth-order valence-electron chi connectivity index (χ4n) is 1.67. The van der Waals surface area contributed by atoms with Crippen molar-refractivity contribution in [2.24, 2.45) is 0 Å². The minimum atomic E-state index is -0.495. The van der Waals surface area contributed by atoms with Gasteiger partial charge in [0.25, 0.3) is 5.69 Å². The Balaban J connectivity index is 2.24. The molecule has 0 aliphatic rings. The molecule has 4 nitrogen and oxygen atoms in total. The maximum absolute atomic E-state index is 11.0. The Morgan fingerprint density at radius 1 is 1.20 bits per heavy atom. The second kappa shape index (κ2) is 6.43. The first-order valence-corrected chi connectivity index (χ1v) is 7.14. The highest BCUT2D eigenvalue weighted by Gasteiger charge is 2.16. The molecular weight excluding hydrogens is 367 g/mol. The third kappa shape index (κ3) is 3.62. The number of nitro groups is 1. The second-order valence-electron chi connectivity index (χ2n) is 4.02. The van der Waals surface area contributed by atoms with E-state index in [2.05, 4.69) is 21.2 Å². The molecule has 0 fully saturated rings. The number of rotatable bonds is 4. The van der Waals surface area contributed by atoms with Gasteiger partial charge in [-0.2, -0.15) is 0 Å². The zero-order valence-electron chi connectivity index (χ0n) is 10.1. The topological polar surface area (TPSA) is 55.2 Å². The van der Waals surface area contributed by atoms with Crippen molar-refractivity contribution < 1.29 is 4.92 Å². The Morgan fingerprint density at radius 2 is 1.90 bits per heavy atom. The van der Waals surface area contributed by atoms with Crippen LogP contribution in [-0.2, 0) is 6.54 Å². The smallest absolute Gasteiger partial charge is 0.293 e. The average molecular weight is 376 g/mol. The lowest BCUT2D eigenvalue weighted by molar-refractivity contribution is -0.383. The number of halogens is 3. The minimum absolute atomic E-state index is 0.102. The molecule has 0 saturated heterocycles. The first-order chi connectivity index (χ1) is 9.47. The molecule has 0 spiro atoms. The van der Waals surface area contributed by atoms with Gasteiger partial charge in [-0.25, -0.2) is 0 Å². The van der Waals surface area contributed by atoms with E-state index in [1.807, 2.05) is 24.3 Å². The Bertz CT molecular complexity index is 665. The number of hydrogen-bond donors (Lipinski definition) is 1. The molecule has 2 aromatic carbocycles. The Morgan fingerprint density at radius 3 is 2.55 bits per heavy atom. The molecule has 0 aromatic heterocycles. The zero-order valence-corrected chi connectivity index (χ0v) is 13.2. The molecule has 2 aromatic rings. The van der Waals surface area contributed by atoms with Gasteiger partial charge < -0.3 is 5.32 Å². The van der Waals surface area contributed by atoms with Gasteiger partial charge in [0.15, 0.2) is 0 Å². The summed E-state index contributed by atoms with van der Waals surface area (Å²) in [5.74, 6) is 0. The number of nitrogens with zero attached hydrogens (tertiary/aromatic N) is 1. The van der Waals surface area contributed by atoms with Crippen LogP contribution in [0.2, 0.25) is 10.0 Å². The van der Waals surface area contributed by atoms with E-state index >= 15 is 0 Å². The van der Waals surface area contributed by atoms with Gasteiger partial charge in [-0.15, -0.1) is 0 Å². The molecule has 0 aliphatic heterocycles. The van der Waals surface area contributed by atoms with Crippen LogP contribution in [0, 0.1) is 10.1 Å². The van der Waals surface area contributed by atoms with Crippen LogP contribution in [0.25, 0.3) is 0 Å². The van der Waals surface area contributed by atoms with Crippen molar-refractivity contribution in [3.63, 3.8) is 0 Å². The van der Waals surface area contributed by atoms with Crippen molar-refractivity contribution in [2.45, 2.75) is 6.54 Å². The summed E-state index contributed by atoms with van der Waals surface area (Å²) in [4.78, 5) is 10.5. The fraction of sp³-hybridized carbons (Fsp3) is 0.0769. The first-order valence-electron chi connectivity index (χ1n) is 5.59. The van der Waals surface area contributed by atoms with Crippen molar-refractivity contribution in [2.75, 3.05) is 5.32 Å². The van der Waals surface area contributed by atoms with E-state index in [-0.39, 0.29) is 15.7 Å². The zero-order chi connectivity index (χ0) is 14.7. The SMILES string of the molecule is O=[N+]([O-])c1cc(Cl)c(Cl)cc1NCc1cccc(Br)c1. The molecular formula is C13H9BrCl2N2O2. The molecule has 0 bridgehead atoms. The first kappa shape index (κ1) is 15.1. The van der Waals surface area contributed by atoms with Crippen LogP contribution < -0.4 is 5.32 Å². The largest absolute Gasteiger partial charge is 0.375 e. The van der Waals surface area contributed by atoms with Crippen molar-refractivity contribution in [1.29, 1.82) is 0 Å². The van der Waals surface area contributed by atoms with Gasteiger partial charge in [0.05, 0.1) is 15.0 Å². The summed E-state index contributed by atoms with van der Waals surface area (Å²) in [5.41, 5.74) is 1.22. The van der Waals surface area contributed by atoms with Gasteiger partial charge in [0.1, 0.15) is 5.69 Å². The molecule has 0 atom stereocenters. The lowest BCUT2D eigenvalue weighted by atomic mass is 10.2. The summed E-state index contributed by atoms with van der Waals surface area (Å²) in [6.07, 6.45) is 0. The third-order valence-electron chi connectivity index (χ3n) is 2.61. The lowest BCUT2D eigenvalue weighted by Crippen LogP contribution is -2.03. The molecule has 104 valence electrons. The standard InChI is InChI=1S/C13H9BrCl2N2O2/c14-9-3-1-2-8(4-9)7-17-12-5-10(15)11(16)6-13(12)18(19)20/h1-6,17H,7H2. The second-order valence-corrected chi connectivity index (χ2v) is 5.75. The van der Waals surface area contributed by atoms with Crippen LogP contribution in [0.1, 0.15) is 5.56 Å². The molecule has 0 unspecified atom stereocenters. The summed E-state index contributed by atoms with van der Waals surface area (Å²) in [6.45, 7) is 0.443. The van der Waals surface area contributed by atoms with Crippen LogP contribution in [0.5, 0.6) is 0 Å². The molecule has 0 heterocycles. The highest BCUT2D eigenvalue weighted by molar-refractivity contribution is 9.10. The van der Waals surface area contributed by atoms with Crippen LogP contribution in [0.15, 0.2) is 40.9 Å². The molecule has 7 heteroatoms. The predicted octanol–water partition coefficient (Wildman–Crippen LogP) is 5.28. The molecule has 0 aliphatic carbocycles. The molecule has 0 saturated carbocycles. The quantitative estimate of drug-likeness (QED) is 0.584. The number of anilines is 1. The van der Waals surface area contributed by atoms with Crippen LogP contribution in [0.3, 0.4) is 0 Å². The number of hydrogen-bond acceptors (Lipinski definition) is 3. The highest BCUT2D eigenvalue weighted by Crippen LogP contribution is 2.34. The Hall–Kier alpha value is -1.30. The maximum Gasteiger partial charge on any atom is 0.293 e. The Kier molecular flexibility index (Phi) is 4.86. The van der Waals surface area contributed by atoms with Crippen LogP contribution in [-0.4, -0.2) is 4.92 Å².